The summed E-state index contributed by atoms with van der Waals surface area (Å²) in [7, 11) is 1.67. The third kappa shape index (κ3) is 2.87. The topological polar surface area (TPSA) is 35.5 Å². The molecule has 0 atom stereocenters. The minimum Gasteiger partial charge on any atom is -0.497 e. The van der Waals surface area contributed by atoms with E-state index in [-0.39, 0.29) is 5.97 Å². The van der Waals surface area contributed by atoms with Crippen LogP contribution in [0, 0.1) is 0 Å². The molecule has 3 nitrogen and oxygen atoms in total. The van der Waals surface area contributed by atoms with Crippen molar-refractivity contribution in [2.45, 2.75) is 6.92 Å². The van der Waals surface area contributed by atoms with Gasteiger partial charge in [0.15, 0.2) is 0 Å². The number of carbonyl (C=O) groups excluding carboxylic acids is 1. The second-order valence-corrected chi connectivity index (χ2v) is 6.57. The van der Waals surface area contributed by atoms with Gasteiger partial charge in [-0.05, 0) is 64.0 Å². The van der Waals surface area contributed by atoms with Crippen LogP contribution in [0.4, 0.5) is 0 Å². The number of halogens is 1. The Balaban J connectivity index is 2.02. The van der Waals surface area contributed by atoms with Crippen LogP contribution in [0.5, 0.6) is 11.5 Å². The van der Waals surface area contributed by atoms with Crippen molar-refractivity contribution in [1.82, 2.24) is 0 Å². The normalized spacial score (nSPS) is 10.7. The Morgan fingerprint density at radius 1 is 1.09 bits per heavy atom. The molecule has 0 spiro atoms. The first-order valence-corrected chi connectivity index (χ1v) is 8.24. The van der Waals surface area contributed by atoms with Crippen LogP contribution in [0.1, 0.15) is 6.92 Å². The average Bonchev–Trinajstić information content (AvgIpc) is 2.84. The number of esters is 1. The lowest BCUT2D eigenvalue weighted by atomic mass is 10.1. The quantitative estimate of drug-likeness (QED) is 0.461. The van der Waals surface area contributed by atoms with Crippen LogP contribution in [0.15, 0.2) is 46.9 Å². The van der Waals surface area contributed by atoms with Gasteiger partial charge in [-0.15, -0.1) is 11.3 Å². The molecular weight excluding hydrogens is 364 g/mol. The van der Waals surface area contributed by atoms with Crippen molar-refractivity contribution in [2.24, 2.45) is 0 Å². The van der Waals surface area contributed by atoms with Gasteiger partial charge in [-0.2, -0.15) is 0 Å². The van der Waals surface area contributed by atoms with E-state index in [0.717, 1.165) is 30.7 Å². The maximum atomic E-state index is 11.0. The molecule has 112 valence electrons. The number of methoxy groups -OCH3 is 1. The molecule has 0 bridgehead atoms. The van der Waals surface area contributed by atoms with Crippen molar-refractivity contribution in [3.8, 4) is 21.9 Å². The Morgan fingerprint density at radius 2 is 1.77 bits per heavy atom. The third-order valence-electron chi connectivity index (χ3n) is 3.21. The first-order valence-electron chi connectivity index (χ1n) is 6.63. The summed E-state index contributed by atoms with van der Waals surface area (Å²) in [5.41, 5.74) is 1.07. The molecule has 0 fully saturated rings. The van der Waals surface area contributed by atoms with E-state index in [1.165, 1.54) is 6.92 Å². The standard InChI is InChI=1S/C17H13BrO3S/c1-10(19)21-12-5-3-11(4-6-12)17-16(18)14-8-7-13(20-2)9-15(14)22-17/h3-9H,1-2H3. The highest BCUT2D eigenvalue weighted by Crippen LogP contribution is 2.43. The molecule has 3 rings (SSSR count). The summed E-state index contributed by atoms with van der Waals surface area (Å²) in [6.45, 7) is 1.39. The van der Waals surface area contributed by atoms with Crippen molar-refractivity contribution in [2.75, 3.05) is 7.11 Å². The molecule has 0 saturated heterocycles. The SMILES string of the molecule is COc1ccc2c(Br)c(-c3ccc(OC(C)=O)cc3)sc2c1. The second-order valence-electron chi connectivity index (χ2n) is 4.73. The van der Waals surface area contributed by atoms with Crippen molar-refractivity contribution in [3.05, 3.63) is 46.9 Å². The van der Waals surface area contributed by atoms with Gasteiger partial charge in [0.05, 0.1) is 7.11 Å². The first kappa shape index (κ1) is 15.1. The molecule has 2 aromatic carbocycles. The Hall–Kier alpha value is -1.85. The Bertz CT molecular complexity index is 837. The fourth-order valence-electron chi connectivity index (χ4n) is 2.20. The molecule has 0 saturated carbocycles. The lowest BCUT2D eigenvalue weighted by Gasteiger charge is -2.03. The highest BCUT2D eigenvalue weighted by molar-refractivity contribution is 9.10. The van der Waals surface area contributed by atoms with E-state index in [4.69, 9.17) is 9.47 Å². The summed E-state index contributed by atoms with van der Waals surface area (Å²) in [5.74, 6) is 1.08. The largest absolute Gasteiger partial charge is 0.497 e. The van der Waals surface area contributed by atoms with Crippen molar-refractivity contribution in [1.29, 1.82) is 0 Å². The molecular formula is C17H13BrO3S. The molecule has 1 heterocycles. The Labute approximate surface area is 140 Å². The van der Waals surface area contributed by atoms with Gasteiger partial charge in [0, 0.05) is 26.4 Å². The van der Waals surface area contributed by atoms with Gasteiger partial charge < -0.3 is 9.47 Å². The van der Waals surface area contributed by atoms with Gasteiger partial charge in [0.2, 0.25) is 0 Å². The minimum absolute atomic E-state index is 0.317. The number of rotatable bonds is 3. The Kier molecular flexibility index (Phi) is 4.18. The molecule has 0 aliphatic rings. The van der Waals surface area contributed by atoms with Gasteiger partial charge >= 0.3 is 5.97 Å². The molecule has 22 heavy (non-hydrogen) atoms. The smallest absolute Gasteiger partial charge is 0.308 e. The van der Waals surface area contributed by atoms with Gasteiger partial charge in [-0.25, -0.2) is 0 Å². The van der Waals surface area contributed by atoms with Crippen LogP contribution in [-0.4, -0.2) is 13.1 Å². The van der Waals surface area contributed by atoms with E-state index in [1.54, 1.807) is 30.6 Å². The van der Waals surface area contributed by atoms with Crippen LogP contribution in [-0.2, 0) is 4.79 Å². The third-order valence-corrected chi connectivity index (χ3v) is 5.50. The van der Waals surface area contributed by atoms with Crippen LogP contribution in [0.3, 0.4) is 0 Å². The zero-order valence-corrected chi connectivity index (χ0v) is 14.5. The summed E-state index contributed by atoms with van der Waals surface area (Å²) in [6, 6.07) is 13.5. The molecule has 3 aromatic rings. The Morgan fingerprint density at radius 3 is 2.41 bits per heavy atom. The summed E-state index contributed by atoms with van der Waals surface area (Å²) in [6.07, 6.45) is 0. The number of fused-ring (bicyclic) bond motifs is 1. The van der Waals surface area contributed by atoms with Crippen LogP contribution in [0.2, 0.25) is 0 Å². The van der Waals surface area contributed by atoms with E-state index >= 15 is 0 Å². The molecule has 0 amide bonds. The lowest BCUT2D eigenvalue weighted by Crippen LogP contribution is -2.00. The molecule has 0 aliphatic carbocycles. The van der Waals surface area contributed by atoms with Crippen LogP contribution >= 0.6 is 27.3 Å². The van der Waals surface area contributed by atoms with Crippen molar-refractivity contribution < 1.29 is 14.3 Å². The molecule has 0 N–H and O–H groups in total. The number of benzene rings is 2. The van der Waals surface area contributed by atoms with E-state index < -0.39 is 0 Å². The van der Waals surface area contributed by atoms with Gasteiger partial charge in [0.25, 0.3) is 0 Å². The summed E-state index contributed by atoms with van der Waals surface area (Å²) < 4.78 is 12.6. The minimum atomic E-state index is -0.317. The molecule has 0 aliphatic heterocycles. The number of hydrogen-bond acceptors (Lipinski definition) is 4. The van der Waals surface area contributed by atoms with Gasteiger partial charge in [-0.3, -0.25) is 4.79 Å². The maximum absolute atomic E-state index is 11.0. The van der Waals surface area contributed by atoms with Gasteiger partial charge in [0.1, 0.15) is 11.5 Å². The average molecular weight is 377 g/mol. The molecule has 1 aromatic heterocycles. The number of thiophene rings is 1. The predicted octanol–water partition coefficient (Wildman–Crippen LogP) is 5.26. The van der Waals surface area contributed by atoms with E-state index in [2.05, 4.69) is 15.9 Å². The highest BCUT2D eigenvalue weighted by Gasteiger charge is 2.12. The fraction of sp³-hybridized carbons (Fsp3) is 0.118. The van der Waals surface area contributed by atoms with Crippen molar-refractivity contribution in [3.63, 3.8) is 0 Å². The monoisotopic (exact) mass is 376 g/mol. The zero-order valence-electron chi connectivity index (χ0n) is 12.1. The van der Waals surface area contributed by atoms with Crippen LogP contribution in [0.25, 0.3) is 20.5 Å². The second kappa shape index (κ2) is 6.10. The predicted molar refractivity (Wildman–Crippen MR) is 92.8 cm³/mol. The van der Waals surface area contributed by atoms with Gasteiger partial charge in [-0.1, -0.05) is 0 Å². The zero-order chi connectivity index (χ0) is 15.7. The van der Waals surface area contributed by atoms with E-state index in [0.29, 0.717) is 5.75 Å². The van der Waals surface area contributed by atoms with Crippen molar-refractivity contribution >= 4 is 43.3 Å². The lowest BCUT2D eigenvalue weighted by molar-refractivity contribution is -0.131. The maximum Gasteiger partial charge on any atom is 0.308 e. The number of hydrogen-bond donors (Lipinski definition) is 0. The number of ether oxygens (including phenoxy) is 2. The van der Waals surface area contributed by atoms with Crippen LogP contribution < -0.4 is 9.47 Å². The fourth-order valence-corrected chi connectivity index (χ4v) is 4.28. The molecule has 5 heteroatoms. The van der Waals surface area contributed by atoms with E-state index in [1.807, 2.05) is 30.3 Å². The first-order chi connectivity index (χ1) is 10.6. The number of carbonyl (C=O) groups is 1. The summed E-state index contributed by atoms with van der Waals surface area (Å²) in [4.78, 5) is 12.1. The summed E-state index contributed by atoms with van der Waals surface area (Å²) >= 11 is 5.37. The summed E-state index contributed by atoms with van der Waals surface area (Å²) in [5, 5.41) is 1.16. The van der Waals surface area contributed by atoms with E-state index in [9.17, 15) is 4.79 Å². The highest BCUT2D eigenvalue weighted by atomic mass is 79.9. The molecule has 0 unspecified atom stereocenters. The molecule has 0 radical (unpaired) electrons.